The van der Waals surface area contributed by atoms with Crippen molar-refractivity contribution < 1.29 is 51.2 Å². The van der Waals surface area contributed by atoms with E-state index in [0.29, 0.717) is 6.42 Å². The zero-order chi connectivity index (χ0) is 22.8. The van der Waals surface area contributed by atoms with Gasteiger partial charge >= 0.3 is 29.2 Å². The molecule has 2 rings (SSSR count). The molecule has 0 bridgehead atoms. The molecule has 1 aliphatic heterocycles. The number of nitrogens with one attached hydrogen (secondary N) is 1. The van der Waals surface area contributed by atoms with Gasteiger partial charge in [-0.2, -0.15) is 8.62 Å². The molecule has 0 saturated carbocycles. The summed E-state index contributed by atoms with van der Waals surface area (Å²) < 4.78 is 52.5. The number of aromatic amines is 1. The summed E-state index contributed by atoms with van der Waals surface area (Å²) in [5.41, 5.74) is -2.57. The Kier molecular flexibility index (Phi) is 8.07. The monoisotopic (exact) mass is 514 g/mol. The van der Waals surface area contributed by atoms with Crippen LogP contribution in [0.15, 0.2) is 21.9 Å². The third kappa shape index (κ3) is 7.79. The highest BCUT2D eigenvalue weighted by atomic mass is 35.5. The average molecular weight is 515 g/mol. The van der Waals surface area contributed by atoms with Gasteiger partial charge in [0.05, 0.1) is 25.1 Å². The van der Waals surface area contributed by atoms with Crippen LogP contribution in [0.2, 0.25) is 0 Å². The first-order chi connectivity index (χ1) is 13.6. The number of ether oxygens (including phenoxy) is 1. The Morgan fingerprint density at radius 1 is 1.20 bits per heavy atom. The van der Waals surface area contributed by atoms with E-state index in [2.05, 4.69) is 18.1 Å². The summed E-state index contributed by atoms with van der Waals surface area (Å²) in [6.07, 6.45) is 1.22. The molecule has 0 radical (unpaired) electrons. The lowest BCUT2D eigenvalue weighted by molar-refractivity contribution is -0.0615. The van der Waals surface area contributed by atoms with Crippen molar-refractivity contribution in [3.8, 4) is 0 Å². The van der Waals surface area contributed by atoms with Crippen LogP contribution in [-0.4, -0.2) is 53.3 Å². The summed E-state index contributed by atoms with van der Waals surface area (Å²) in [6, 6.07) is 1.14. The Labute approximate surface area is 173 Å². The molecule has 1 aromatic heterocycles. The second-order valence-electron chi connectivity index (χ2n) is 6.22. The predicted octanol–water partition coefficient (Wildman–Crippen LogP) is 0.0365. The van der Waals surface area contributed by atoms with E-state index < -0.39 is 53.0 Å². The highest BCUT2D eigenvalue weighted by molar-refractivity contribution is 7.66. The number of alkyl halides is 1. The molecule has 1 saturated heterocycles. The topological polar surface area (TPSA) is 224 Å². The molecule has 3 unspecified atom stereocenters. The Balaban J connectivity index is 2.00. The summed E-state index contributed by atoms with van der Waals surface area (Å²) in [4.78, 5) is 60.6. The minimum atomic E-state index is -5.64. The lowest BCUT2D eigenvalue weighted by Gasteiger charge is -2.28. The van der Waals surface area contributed by atoms with Crippen molar-refractivity contribution in [2.24, 2.45) is 0 Å². The van der Waals surface area contributed by atoms with Crippen LogP contribution in [0.1, 0.15) is 12.8 Å². The first-order valence-electron chi connectivity index (χ1n) is 7.96. The van der Waals surface area contributed by atoms with Crippen molar-refractivity contribution in [2.45, 2.75) is 31.1 Å². The van der Waals surface area contributed by atoms with Crippen LogP contribution in [0.25, 0.3) is 0 Å². The Hall–Kier alpha value is -0.660. The maximum atomic E-state index is 11.8. The quantitative estimate of drug-likeness (QED) is 0.205. The summed E-state index contributed by atoms with van der Waals surface area (Å²) in [5, 5.41) is 0. The molecule has 0 aliphatic carbocycles. The molecule has 4 atom stereocenters. The number of hydrogen-bond donors (Lipinski definition) is 5. The van der Waals surface area contributed by atoms with Crippen LogP contribution in [0.4, 0.5) is 0 Å². The van der Waals surface area contributed by atoms with Gasteiger partial charge in [0.1, 0.15) is 5.60 Å². The summed E-state index contributed by atoms with van der Waals surface area (Å²) in [5.74, 6) is -0.236. The third-order valence-corrected chi connectivity index (χ3v) is 8.06. The second kappa shape index (κ2) is 9.45. The van der Waals surface area contributed by atoms with Gasteiger partial charge in [0.25, 0.3) is 5.56 Å². The van der Waals surface area contributed by atoms with Gasteiger partial charge in [-0.05, 0) is 12.8 Å². The maximum Gasteiger partial charge on any atom is 0.490 e. The molecular formula is C11H18ClN2O13P3. The molecular weight excluding hydrogens is 496 g/mol. The standard InChI is InChI=1S/C11H18ClN2O13P3/c12-6-11(7-24-29(20,21)27-30(22,23)26-28(17,18)19)3-1-8(25-11)5-14-4-2-9(15)13-10(14)16/h2,4,8H,1,3,5-7H2,(H,20,21)(H,22,23)(H,13,15,16)(H2,17,18,19)/t8?,11-/m1/s1. The van der Waals surface area contributed by atoms with Gasteiger partial charge < -0.3 is 24.3 Å². The molecule has 19 heteroatoms. The zero-order valence-electron chi connectivity index (χ0n) is 14.9. The van der Waals surface area contributed by atoms with Crippen molar-refractivity contribution in [2.75, 3.05) is 12.5 Å². The van der Waals surface area contributed by atoms with Gasteiger partial charge in [-0.3, -0.25) is 18.9 Å². The fraction of sp³-hybridized carbons (Fsp3) is 0.636. The molecule has 0 spiro atoms. The van der Waals surface area contributed by atoms with Crippen molar-refractivity contribution >= 4 is 35.1 Å². The molecule has 15 nitrogen and oxygen atoms in total. The van der Waals surface area contributed by atoms with E-state index in [1.165, 1.54) is 10.8 Å². The molecule has 1 fully saturated rings. The van der Waals surface area contributed by atoms with Crippen LogP contribution in [0.3, 0.4) is 0 Å². The number of rotatable bonds is 10. The lowest BCUT2D eigenvalue weighted by atomic mass is 10.0. The van der Waals surface area contributed by atoms with Crippen LogP contribution in [-0.2, 0) is 38.1 Å². The number of hydrogen-bond acceptors (Lipinski definition) is 9. The number of halogens is 1. The summed E-state index contributed by atoms with van der Waals surface area (Å²) >= 11 is 5.87. The van der Waals surface area contributed by atoms with Crippen LogP contribution >= 0.6 is 35.1 Å². The fourth-order valence-corrected chi connectivity index (χ4v) is 5.94. The summed E-state index contributed by atoms with van der Waals surface area (Å²) in [6.45, 7) is -0.666. The molecule has 0 aromatic carbocycles. The van der Waals surface area contributed by atoms with E-state index in [0.717, 1.165) is 6.07 Å². The highest BCUT2D eigenvalue weighted by Gasteiger charge is 2.45. The number of phosphoric ester groups is 1. The number of H-pyrrole nitrogens is 1. The Morgan fingerprint density at radius 2 is 1.87 bits per heavy atom. The minimum absolute atomic E-state index is 0.0313. The molecule has 30 heavy (non-hydrogen) atoms. The van der Waals surface area contributed by atoms with Gasteiger partial charge in [-0.15, -0.1) is 11.6 Å². The average Bonchev–Trinajstić information content (AvgIpc) is 2.96. The Morgan fingerprint density at radius 3 is 2.43 bits per heavy atom. The molecule has 5 N–H and O–H groups in total. The van der Waals surface area contributed by atoms with Crippen molar-refractivity contribution in [3.05, 3.63) is 33.1 Å². The van der Waals surface area contributed by atoms with Crippen LogP contribution in [0.5, 0.6) is 0 Å². The van der Waals surface area contributed by atoms with Crippen LogP contribution in [0, 0.1) is 0 Å². The van der Waals surface area contributed by atoms with Gasteiger partial charge in [0.15, 0.2) is 0 Å². The van der Waals surface area contributed by atoms with Gasteiger partial charge in [-0.25, -0.2) is 18.5 Å². The molecule has 1 aromatic rings. The number of phosphoric acid groups is 3. The largest absolute Gasteiger partial charge is 0.490 e. The second-order valence-corrected chi connectivity index (χ2v) is 10.9. The predicted molar refractivity (Wildman–Crippen MR) is 98.7 cm³/mol. The summed E-state index contributed by atoms with van der Waals surface area (Å²) in [7, 11) is -16.5. The molecule has 0 amide bonds. The normalized spacial score (nSPS) is 26.2. The van der Waals surface area contributed by atoms with Gasteiger partial charge in [-0.1, -0.05) is 0 Å². The smallest absolute Gasteiger partial charge is 0.366 e. The minimum Gasteiger partial charge on any atom is -0.366 e. The first-order valence-corrected chi connectivity index (χ1v) is 13.0. The SMILES string of the molecule is O=c1ccn(CC2CC[C@@](CCl)(COP(=O)(O)OP(=O)(O)OP(=O)(O)O)O2)c(=O)[nH]1. The first kappa shape index (κ1) is 25.6. The number of aromatic nitrogens is 2. The lowest BCUT2D eigenvalue weighted by Crippen LogP contribution is -2.38. The highest BCUT2D eigenvalue weighted by Crippen LogP contribution is 2.66. The van der Waals surface area contributed by atoms with Crippen LogP contribution < -0.4 is 11.2 Å². The van der Waals surface area contributed by atoms with Crippen molar-refractivity contribution in [1.29, 1.82) is 0 Å². The molecule has 172 valence electrons. The molecule has 1 aliphatic rings. The van der Waals surface area contributed by atoms with E-state index in [-0.39, 0.29) is 18.8 Å². The van der Waals surface area contributed by atoms with Crippen molar-refractivity contribution in [3.63, 3.8) is 0 Å². The van der Waals surface area contributed by atoms with E-state index in [9.17, 15) is 28.2 Å². The van der Waals surface area contributed by atoms with E-state index in [4.69, 9.17) is 31.0 Å². The van der Waals surface area contributed by atoms with E-state index in [1.54, 1.807) is 0 Å². The fourth-order valence-electron chi connectivity index (χ4n) is 2.58. The number of nitrogens with zero attached hydrogens (tertiary/aromatic N) is 1. The van der Waals surface area contributed by atoms with Gasteiger partial charge in [0.2, 0.25) is 0 Å². The maximum absolute atomic E-state index is 11.8. The van der Waals surface area contributed by atoms with E-state index in [1.807, 2.05) is 0 Å². The van der Waals surface area contributed by atoms with Crippen molar-refractivity contribution in [1.82, 2.24) is 9.55 Å². The Bertz CT molecular complexity index is 1020. The molecule has 2 heterocycles. The zero-order valence-corrected chi connectivity index (χ0v) is 18.3. The van der Waals surface area contributed by atoms with E-state index >= 15 is 0 Å². The third-order valence-electron chi connectivity index (χ3n) is 3.79. The van der Waals surface area contributed by atoms with Gasteiger partial charge in [0, 0.05) is 12.3 Å².